The van der Waals surface area contributed by atoms with Crippen LogP contribution in [0, 0.1) is 26.7 Å². The summed E-state index contributed by atoms with van der Waals surface area (Å²) in [7, 11) is 0. The lowest BCUT2D eigenvalue weighted by molar-refractivity contribution is 0.577. The molecule has 1 heterocycles. The molecule has 2 aromatic rings. The predicted octanol–water partition coefficient (Wildman–Crippen LogP) is 3.14. The summed E-state index contributed by atoms with van der Waals surface area (Å²) < 4.78 is 0. The average Bonchev–Trinajstić information content (AvgIpc) is 2.70. The highest BCUT2D eigenvalue weighted by Gasteiger charge is 2.12. The Bertz CT molecular complexity index is 569. The summed E-state index contributed by atoms with van der Waals surface area (Å²) in [6.07, 6.45) is 0.905. The molecule has 102 valence electrons. The van der Waals surface area contributed by atoms with Gasteiger partial charge in [-0.15, -0.1) is 0 Å². The van der Waals surface area contributed by atoms with Crippen molar-refractivity contribution in [2.75, 3.05) is 6.54 Å². The summed E-state index contributed by atoms with van der Waals surface area (Å²) in [4.78, 5) is 8.13. The van der Waals surface area contributed by atoms with Crippen LogP contribution in [0.3, 0.4) is 0 Å². The van der Waals surface area contributed by atoms with Gasteiger partial charge >= 0.3 is 0 Å². The second-order valence-corrected chi connectivity index (χ2v) is 5.52. The number of imidazole rings is 1. The number of aromatic amines is 1. The fourth-order valence-corrected chi connectivity index (χ4v) is 2.37. The molecule has 1 aromatic carbocycles. The highest BCUT2D eigenvalue weighted by molar-refractivity contribution is 5.66. The lowest BCUT2D eigenvalue weighted by Crippen LogP contribution is -2.13. The van der Waals surface area contributed by atoms with E-state index in [1.54, 1.807) is 0 Å². The minimum absolute atomic E-state index is 0.456. The molecule has 0 radical (unpaired) electrons. The van der Waals surface area contributed by atoms with Crippen molar-refractivity contribution in [3.05, 3.63) is 40.8 Å². The molecule has 0 amide bonds. The second kappa shape index (κ2) is 5.57. The van der Waals surface area contributed by atoms with Gasteiger partial charge in [0.2, 0.25) is 0 Å². The van der Waals surface area contributed by atoms with E-state index in [0.29, 0.717) is 12.5 Å². The molecule has 0 bridgehead atoms. The van der Waals surface area contributed by atoms with Gasteiger partial charge in [-0.3, -0.25) is 0 Å². The van der Waals surface area contributed by atoms with Gasteiger partial charge in [0.05, 0.1) is 5.69 Å². The third kappa shape index (κ3) is 3.04. The van der Waals surface area contributed by atoms with Crippen LogP contribution in [-0.2, 0) is 6.42 Å². The SMILES string of the molecule is Cc1ccc(-c2nc(CC(C)CN)[nH]c2C)c(C)c1. The van der Waals surface area contributed by atoms with Crippen molar-refractivity contribution >= 4 is 0 Å². The zero-order valence-electron chi connectivity index (χ0n) is 12.2. The molecule has 0 aliphatic carbocycles. The number of nitrogens with two attached hydrogens (primary N) is 1. The molecule has 1 aromatic heterocycles. The van der Waals surface area contributed by atoms with Gasteiger partial charge in [0.15, 0.2) is 0 Å². The Labute approximate surface area is 115 Å². The summed E-state index contributed by atoms with van der Waals surface area (Å²) in [6, 6.07) is 6.49. The van der Waals surface area contributed by atoms with Gasteiger partial charge in [-0.05, 0) is 38.8 Å². The maximum atomic E-state index is 5.67. The molecular weight excluding hydrogens is 234 g/mol. The average molecular weight is 257 g/mol. The van der Waals surface area contributed by atoms with Crippen LogP contribution < -0.4 is 5.73 Å². The van der Waals surface area contributed by atoms with Crippen LogP contribution in [0.5, 0.6) is 0 Å². The molecule has 1 unspecified atom stereocenters. The molecule has 0 saturated heterocycles. The van der Waals surface area contributed by atoms with Crippen LogP contribution in [0.15, 0.2) is 18.2 Å². The van der Waals surface area contributed by atoms with Crippen LogP contribution in [0.4, 0.5) is 0 Å². The van der Waals surface area contributed by atoms with Crippen molar-refractivity contribution in [2.45, 2.75) is 34.1 Å². The van der Waals surface area contributed by atoms with Crippen molar-refractivity contribution in [3.63, 3.8) is 0 Å². The number of nitrogens with one attached hydrogen (secondary N) is 1. The molecule has 0 fully saturated rings. The van der Waals surface area contributed by atoms with Crippen LogP contribution in [0.2, 0.25) is 0 Å². The van der Waals surface area contributed by atoms with Crippen molar-refractivity contribution in [1.82, 2.24) is 9.97 Å². The number of aromatic nitrogens is 2. The zero-order valence-corrected chi connectivity index (χ0v) is 12.2. The molecular formula is C16H23N3. The quantitative estimate of drug-likeness (QED) is 0.884. The molecule has 0 aliphatic rings. The van der Waals surface area contributed by atoms with Crippen LogP contribution >= 0.6 is 0 Å². The Kier molecular flexibility index (Phi) is 4.05. The third-order valence-electron chi connectivity index (χ3n) is 3.51. The second-order valence-electron chi connectivity index (χ2n) is 5.52. The Hall–Kier alpha value is -1.61. The van der Waals surface area contributed by atoms with E-state index in [2.05, 4.69) is 50.9 Å². The van der Waals surface area contributed by atoms with Crippen LogP contribution in [-0.4, -0.2) is 16.5 Å². The van der Waals surface area contributed by atoms with Crippen molar-refractivity contribution < 1.29 is 0 Å². The summed E-state index contributed by atoms with van der Waals surface area (Å²) in [6.45, 7) is 9.17. The number of hydrogen-bond acceptors (Lipinski definition) is 2. The van der Waals surface area contributed by atoms with Crippen LogP contribution in [0.1, 0.15) is 29.6 Å². The minimum atomic E-state index is 0.456. The van der Waals surface area contributed by atoms with Gasteiger partial charge in [0.1, 0.15) is 5.82 Å². The number of benzene rings is 1. The van der Waals surface area contributed by atoms with E-state index in [1.165, 1.54) is 16.7 Å². The Morgan fingerprint density at radius 2 is 2.00 bits per heavy atom. The smallest absolute Gasteiger partial charge is 0.107 e. The van der Waals surface area contributed by atoms with Gasteiger partial charge in [-0.25, -0.2) is 4.98 Å². The number of nitrogens with zero attached hydrogens (tertiary/aromatic N) is 1. The molecule has 0 saturated carbocycles. The normalized spacial score (nSPS) is 12.7. The zero-order chi connectivity index (χ0) is 14.0. The fourth-order valence-electron chi connectivity index (χ4n) is 2.37. The lowest BCUT2D eigenvalue weighted by atomic mass is 10.0. The van der Waals surface area contributed by atoms with Crippen molar-refractivity contribution in [1.29, 1.82) is 0 Å². The number of aryl methyl sites for hydroxylation is 3. The predicted molar refractivity (Wildman–Crippen MR) is 80.2 cm³/mol. The van der Waals surface area contributed by atoms with Gasteiger partial charge < -0.3 is 10.7 Å². The van der Waals surface area contributed by atoms with E-state index in [0.717, 1.165) is 23.6 Å². The minimum Gasteiger partial charge on any atom is -0.346 e. The third-order valence-corrected chi connectivity index (χ3v) is 3.51. The highest BCUT2D eigenvalue weighted by atomic mass is 14.9. The number of H-pyrrole nitrogens is 1. The summed E-state index contributed by atoms with van der Waals surface area (Å²) >= 11 is 0. The summed E-state index contributed by atoms with van der Waals surface area (Å²) in [5.41, 5.74) is 11.6. The number of rotatable bonds is 4. The van der Waals surface area contributed by atoms with E-state index >= 15 is 0 Å². The van der Waals surface area contributed by atoms with Crippen molar-refractivity contribution in [2.24, 2.45) is 11.7 Å². The topological polar surface area (TPSA) is 54.7 Å². The molecule has 3 nitrogen and oxygen atoms in total. The monoisotopic (exact) mass is 257 g/mol. The Morgan fingerprint density at radius 3 is 2.63 bits per heavy atom. The lowest BCUT2D eigenvalue weighted by Gasteiger charge is -2.05. The first-order valence-corrected chi connectivity index (χ1v) is 6.84. The summed E-state index contributed by atoms with van der Waals surface area (Å²) in [5, 5.41) is 0. The van der Waals surface area contributed by atoms with Gasteiger partial charge in [0, 0.05) is 17.7 Å². The van der Waals surface area contributed by atoms with E-state index < -0.39 is 0 Å². The maximum Gasteiger partial charge on any atom is 0.107 e. The molecule has 3 heteroatoms. The molecule has 19 heavy (non-hydrogen) atoms. The molecule has 1 atom stereocenters. The van der Waals surface area contributed by atoms with Gasteiger partial charge in [0.25, 0.3) is 0 Å². The van der Waals surface area contributed by atoms with Gasteiger partial charge in [-0.2, -0.15) is 0 Å². The molecule has 0 spiro atoms. The summed E-state index contributed by atoms with van der Waals surface area (Å²) in [5.74, 6) is 1.49. The van der Waals surface area contributed by atoms with E-state index in [-0.39, 0.29) is 0 Å². The standard InChI is InChI=1S/C16H23N3/c1-10-5-6-14(12(3)7-10)16-13(4)18-15(19-16)8-11(2)9-17/h5-7,11H,8-9,17H2,1-4H3,(H,18,19). The first kappa shape index (κ1) is 13.8. The first-order valence-electron chi connectivity index (χ1n) is 6.84. The molecule has 0 aliphatic heterocycles. The molecule has 2 rings (SSSR count). The van der Waals surface area contributed by atoms with E-state index in [4.69, 9.17) is 10.7 Å². The molecule has 3 N–H and O–H groups in total. The maximum absolute atomic E-state index is 5.67. The van der Waals surface area contributed by atoms with Crippen molar-refractivity contribution in [3.8, 4) is 11.3 Å². The Balaban J connectivity index is 2.35. The van der Waals surface area contributed by atoms with E-state index in [1.807, 2.05) is 0 Å². The van der Waals surface area contributed by atoms with Crippen LogP contribution in [0.25, 0.3) is 11.3 Å². The number of hydrogen-bond donors (Lipinski definition) is 2. The fraction of sp³-hybridized carbons (Fsp3) is 0.438. The largest absolute Gasteiger partial charge is 0.346 e. The highest BCUT2D eigenvalue weighted by Crippen LogP contribution is 2.26. The van der Waals surface area contributed by atoms with E-state index in [9.17, 15) is 0 Å². The first-order chi connectivity index (χ1) is 9.01. The van der Waals surface area contributed by atoms with Gasteiger partial charge in [-0.1, -0.05) is 30.7 Å². The Morgan fingerprint density at radius 1 is 1.26 bits per heavy atom.